The van der Waals surface area contributed by atoms with E-state index in [4.69, 9.17) is 0 Å². The lowest BCUT2D eigenvalue weighted by atomic mass is 9.43. The van der Waals surface area contributed by atoms with Crippen LogP contribution in [0.4, 0.5) is 17.1 Å². The fraction of sp³-hybridized carbons (Fsp3) is 0.346. The van der Waals surface area contributed by atoms with Gasteiger partial charge in [-0.1, -0.05) is 113 Å². The number of para-hydroxylation sites is 1. The Kier molecular flexibility index (Phi) is 6.74. The molecule has 6 aliphatic rings. The maximum Gasteiger partial charge on any atom is 0.0543 e. The molecule has 0 aromatic heterocycles. The van der Waals surface area contributed by atoms with E-state index in [0.717, 1.165) is 23.7 Å². The number of benzene rings is 6. The lowest BCUT2D eigenvalue weighted by Gasteiger charge is -2.61. The van der Waals surface area contributed by atoms with Crippen LogP contribution < -0.4 is 4.90 Å². The van der Waals surface area contributed by atoms with Crippen molar-refractivity contribution in [1.82, 2.24) is 0 Å². The number of nitrogens with zero attached hydrogens (tertiary/aromatic N) is 1. The molecule has 264 valence electrons. The van der Waals surface area contributed by atoms with Gasteiger partial charge in [0, 0.05) is 22.4 Å². The molecule has 53 heavy (non-hydrogen) atoms. The molecule has 0 unspecified atom stereocenters. The van der Waals surface area contributed by atoms with E-state index in [1.807, 2.05) is 0 Å². The van der Waals surface area contributed by atoms with Gasteiger partial charge in [-0.3, -0.25) is 0 Å². The molecular weight excluding hydrogens is 639 g/mol. The highest BCUT2D eigenvalue weighted by Crippen LogP contribution is 2.70. The lowest BCUT2D eigenvalue weighted by Crippen LogP contribution is -2.55. The molecule has 6 aliphatic carbocycles. The summed E-state index contributed by atoms with van der Waals surface area (Å²) in [5.74, 6) is 3.27. The quantitative estimate of drug-likeness (QED) is 0.178. The van der Waals surface area contributed by atoms with Gasteiger partial charge in [0.1, 0.15) is 0 Å². The first-order valence-corrected chi connectivity index (χ1v) is 20.5. The van der Waals surface area contributed by atoms with Crippen molar-refractivity contribution in [2.45, 2.75) is 88.9 Å². The lowest BCUT2D eigenvalue weighted by molar-refractivity contribution is -0.0399. The highest BCUT2D eigenvalue weighted by atomic mass is 15.1. The molecule has 4 bridgehead atoms. The third-order valence-electron chi connectivity index (χ3n) is 15.1. The first kappa shape index (κ1) is 31.9. The van der Waals surface area contributed by atoms with Crippen LogP contribution in [0.5, 0.6) is 0 Å². The van der Waals surface area contributed by atoms with Crippen LogP contribution in [0.2, 0.25) is 0 Å². The summed E-state index contributed by atoms with van der Waals surface area (Å²) in [6.45, 7) is 9.80. The van der Waals surface area contributed by atoms with Crippen molar-refractivity contribution in [1.29, 1.82) is 0 Å². The summed E-state index contributed by atoms with van der Waals surface area (Å²) in [6.07, 6.45) is 9.45. The van der Waals surface area contributed by atoms with E-state index in [2.05, 4.69) is 160 Å². The minimum absolute atomic E-state index is 0.0975. The molecular formula is C52H51N. The second-order valence-electron chi connectivity index (χ2n) is 18.9. The van der Waals surface area contributed by atoms with Crippen LogP contribution in [0.3, 0.4) is 0 Å². The van der Waals surface area contributed by atoms with Gasteiger partial charge in [0.25, 0.3) is 0 Å². The summed E-state index contributed by atoms with van der Waals surface area (Å²) in [4.78, 5) is 2.62. The molecule has 0 heterocycles. The summed E-state index contributed by atoms with van der Waals surface area (Å²) >= 11 is 0. The van der Waals surface area contributed by atoms with Gasteiger partial charge in [-0.05, 0) is 172 Å². The molecule has 6 aromatic carbocycles. The molecule has 1 nitrogen and oxygen atoms in total. The second kappa shape index (κ2) is 11.2. The van der Waals surface area contributed by atoms with E-state index in [1.54, 1.807) is 11.1 Å². The van der Waals surface area contributed by atoms with Crippen LogP contribution in [0, 0.1) is 23.7 Å². The topological polar surface area (TPSA) is 3.24 Å². The van der Waals surface area contributed by atoms with E-state index < -0.39 is 0 Å². The highest BCUT2D eigenvalue weighted by molar-refractivity contribution is 5.97. The minimum atomic E-state index is 0.0975. The number of fused-ring (bicyclic) bond motifs is 5. The Morgan fingerprint density at radius 1 is 0.453 bits per heavy atom. The Balaban J connectivity index is 1.22. The second-order valence-corrected chi connectivity index (χ2v) is 18.9. The Morgan fingerprint density at radius 3 is 1.87 bits per heavy atom. The van der Waals surface area contributed by atoms with Crippen molar-refractivity contribution >= 4 is 27.8 Å². The zero-order valence-corrected chi connectivity index (χ0v) is 31.8. The van der Waals surface area contributed by atoms with Gasteiger partial charge >= 0.3 is 0 Å². The van der Waals surface area contributed by atoms with Gasteiger partial charge < -0.3 is 4.90 Å². The molecule has 1 heteroatoms. The molecule has 0 radical (unpaired) electrons. The predicted molar refractivity (Wildman–Crippen MR) is 223 cm³/mol. The summed E-state index contributed by atoms with van der Waals surface area (Å²) in [5.41, 5.74) is 16.0. The molecule has 0 N–H and O–H groups in total. The smallest absolute Gasteiger partial charge is 0.0543 e. The van der Waals surface area contributed by atoms with Crippen molar-refractivity contribution in [3.63, 3.8) is 0 Å². The maximum absolute atomic E-state index is 2.71. The van der Waals surface area contributed by atoms with Gasteiger partial charge in [-0.25, -0.2) is 0 Å². The summed E-state index contributed by atoms with van der Waals surface area (Å²) in [5, 5.41) is 2.58. The molecule has 0 atom stereocenters. The molecule has 1 spiro atoms. The summed E-state index contributed by atoms with van der Waals surface area (Å²) in [6, 6.07) is 49.6. The number of anilines is 3. The SMILES string of the molecule is CC1(C)CCC(C)(C)c2cc(N(c3ccccc3)c3cc4c(cc3-c3ccc5ccccc5c3)-c3ccccc3C43C4CC5CC(C4)CC3C5)ccc21. The fourth-order valence-electron chi connectivity index (χ4n) is 12.7. The third-order valence-corrected chi connectivity index (χ3v) is 15.1. The number of hydrogen-bond donors (Lipinski definition) is 0. The van der Waals surface area contributed by atoms with Crippen molar-refractivity contribution in [2.75, 3.05) is 4.90 Å². The van der Waals surface area contributed by atoms with Crippen LogP contribution in [-0.4, -0.2) is 0 Å². The van der Waals surface area contributed by atoms with Gasteiger partial charge in [0.2, 0.25) is 0 Å². The third kappa shape index (κ3) is 4.55. The van der Waals surface area contributed by atoms with E-state index in [1.165, 1.54) is 106 Å². The predicted octanol–water partition coefficient (Wildman–Crippen LogP) is 14.0. The average Bonchev–Trinajstić information content (AvgIpc) is 3.45. The van der Waals surface area contributed by atoms with E-state index in [-0.39, 0.29) is 16.2 Å². The Morgan fingerprint density at radius 2 is 1.11 bits per heavy atom. The summed E-state index contributed by atoms with van der Waals surface area (Å²) in [7, 11) is 0. The number of hydrogen-bond acceptors (Lipinski definition) is 1. The van der Waals surface area contributed by atoms with Gasteiger partial charge in [-0.2, -0.15) is 0 Å². The van der Waals surface area contributed by atoms with Crippen LogP contribution in [0.15, 0.2) is 127 Å². The standard InChI is InChI=1S/C52H51N/c1-50(2)22-23-51(3,4)48-30-41(20-21-46(48)50)53(40-14-6-5-7-15-40)49-32-47-44(31-43(49)37-19-18-35-12-8-9-13-36(35)29-37)42-16-10-11-17-45(42)52(47)38-25-33-24-34(27-38)28-39(52)26-33/h5-21,29-34,38-39H,22-28H2,1-4H3. The zero-order chi connectivity index (χ0) is 35.7. The summed E-state index contributed by atoms with van der Waals surface area (Å²) < 4.78 is 0. The van der Waals surface area contributed by atoms with Crippen LogP contribution in [-0.2, 0) is 16.2 Å². The van der Waals surface area contributed by atoms with Crippen molar-refractivity contribution in [3.05, 3.63) is 150 Å². The van der Waals surface area contributed by atoms with Gasteiger partial charge in [0.15, 0.2) is 0 Å². The van der Waals surface area contributed by atoms with Crippen LogP contribution >= 0.6 is 0 Å². The highest BCUT2D eigenvalue weighted by Gasteiger charge is 2.61. The Labute approximate surface area is 316 Å². The van der Waals surface area contributed by atoms with Gasteiger partial charge in [0.05, 0.1) is 5.69 Å². The van der Waals surface area contributed by atoms with E-state index in [9.17, 15) is 0 Å². The van der Waals surface area contributed by atoms with E-state index in [0.29, 0.717) is 0 Å². The molecule has 6 aromatic rings. The first-order chi connectivity index (χ1) is 25.7. The minimum Gasteiger partial charge on any atom is -0.310 e. The molecule has 4 fully saturated rings. The fourth-order valence-corrected chi connectivity index (χ4v) is 12.7. The first-order valence-electron chi connectivity index (χ1n) is 20.5. The van der Waals surface area contributed by atoms with Gasteiger partial charge in [-0.15, -0.1) is 0 Å². The normalized spacial score (nSPS) is 26.7. The number of rotatable bonds is 4. The van der Waals surface area contributed by atoms with Crippen molar-refractivity contribution < 1.29 is 0 Å². The van der Waals surface area contributed by atoms with Crippen molar-refractivity contribution in [2.24, 2.45) is 23.7 Å². The van der Waals surface area contributed by atoms with Crippen molar-refractivity contribution in [3.8, 4) is 22.3 Å². The Hall–Kier alpha value is -4.62. The molecule has 0 aliphatic heterocycles. The molecule has 12 rings (SSSR count). The Bertz CT molecular complexity index is 2400. The maximum atomic E-state index is 2.71. The molecule has 0 saturated heterocycles. The van der Waals surface area contributed by atoms with Crippen LogP contribution in [0.1, 0.15) is 94.9 Å². The van der Waals surface area contributed by atoms with E-state index >= 15 is 0 Å². The monoisotopic (exact) mass is 689 g/mol. The molecule has 0 amide bonds. The molecule has 4 saturated carbocycles. The largest absolute Gasteiger partial charge is 0.310 e. The van der Waals surface area contributed by atoms with Crippen LogP contribution in [0.25, 0.3) is 33.0 Å². The average molecular weight is 690 g/mol. The zero-order valence-electron chi connectivity index (χ0n) is 31.8.